The maximum atomic E-state index is 12.3. The third-order valence-corrected chi connectivity index (χ3v) is 4.22. The fourth-order valence-electron chi connectivity index (χ4n) is 2.45. The van der Waals surface area contributed by atoms with Crippen LogP contribution in [0.25, 0.3) is 0 Å². The van der Waals surface area contributed by atoms with Gasteiger partial charge in [-0.3, -0.25) is 4.72 Å². The van der Waals surface area contributed by atoms with Crippen LogP contribution < -0.4 is 15.4 Å². The SMILES string of the molecule is Cc1cccc(C(C)C)c1NC(=O)Nc1ccc(NS(C)(=O)=O)cc1. The first kappa shape index (κ1) is 18.8. The molecule has 0 aliphatic carbocycles. The van der Waals surface area contributed by atoms with Crippen molar-refractivity contribution in [2.75, 3.05) is 21.6 Å². The number of para-hydroxylation sites is 1. The van der Waals surface area contributed by atoms with Gasteiger partial charge in [0.15, 0.2) is 0 Å². The summed E-state index contributed by atoms with van der Waals surface area (Å²) in [7, 11) is -3.32. The van der Waals surface area contributed by atoms with E-state index in [0.717, 1.165) is 23.1 Å². The van der Waals surface area contributed by atoms with Crippen molar-refractivity contribution in [1.82, 2.24) is 0 Å². The zero-order valence-electron chi connectivity index (χ0n) is 14.8. The Balaban J connectivity index is 2.09. The predicted molar refractivity (Wildman–Crippen MR) is 103 cm³/mol. The molecule has 0 fully saturated rings. The molecule has 0 saturated carbocycles. The summed E-state index contributed by atoms with van der Waals surface area (Å²) in [6.45, 7) is 6.10. The van der Waals surface area contributed by atoms with E-state index >= 15 is 0 Å². The van der Waals surface area contributed by atoms with Gasteiger partial charge in [0.05, 0.1) is 6.26 Å². The minimum Gasteiger partial charge on any atom is -0.308 e. The van der Waals surface area contributed by atoms with E-state index in [0.29, 0.717) is 11.4 Å². The van der Waals surface area contributed by atoms with Gasteiger partial charge in [-0.25, -0.2) is 13.2 Å². The van der Waals surface area contributed by atoms with Crippen LogP contribution in [-0.2, 0) is 10.0 Å². The third-order valence-electron chi connectivity index (χ3n) is 3.61. The molecule has 6 nitrogen and oxygen atoms in total. The second-order valence-electron chi connectivity index (χ2n) is 6.22. The van der Waals surface area contributed by atoms with Crippen molar-refractivity contribution in [3.05, 3.63) is 53.6 Å². The van der Waals surface area contributed by atoms with E-state index in [1.807, 2.05) is 25.1 Å². The quantitative estimate of drug-likeness (QED) is 0.748. The van der Waals surface area contributed by atoms with E-state index in [4.69, 9.17) is 0 Å². The molecule has 2 aromatic rings. The fourth-order valence-corrected chi connectivity index (χ4v) is 3.02. The molecule has 2 rings (SSSR count). The topological polar surface area (TPSA) is 87.3 Å². The largest absolute Gasteiger partial charge is 0.323 e. The van der Waals surface area contributed by atoms with Gasteiger partial charge in [0.1, 0.15) is 0 Å². The summed E-state index contributed by atoms with van der Waals surface area (Å²) in [5.74, 6) is 0.288. The number of nitrogens with one attached hydrogen (secondary N) is 3. The third kappa shape index (κ3) is 5.49. The monoisotopic (exact) mass is 361 g/mol. The zero-order chi connectivity index (χ0) is 18.6. The molecule has 0 unspecified atom stereocenters. The molecule has 2 amide bonds. The molecular formula is C18H23N3O3S. The summed E-state index contributed by atoms with van der Waals surface area (Å²) >= 11 is 0. The highest BCUT2D eigenvalue weighted by Crippen LogP contribution is 2.27. The Morgan fingerprint density at radius 1 is 0.960 bits per heavy atom. The van der Waals surface area contributed by atoms with Crippen molar-refractivity contribution >= 4 is 33.1 Å². The number of rotatable bonds is 5. The van der Waals surface area contributed by atoms with Crippen LogP contribution in [0.3, 0.4) is 0 Å². The number of sulfonamides is 1. The van der Waals surface area contributed by atoms with Crippen LogP contribution in [0, 0.1) is 6.92 Å². The van der Waals surface area contributed by atoms with Crippen molar-refractivity contribution in [3.63, 3.8) is 0 Å². The summed E-state index contributed by atoms with van der Waals surface area (Å²) in [6.07, 6.45) is 1.08. The van der Waals surface area contributed by atoms with Crippen molar-refractivity contribution in [2.24, 2.45) is 0 Å². The van der Waals surface area contributed by atoms with Gasteiger partial charge < -0.3 is 10.6 Å². The van der Waals surface area contributed by atoms with E-state index < -0.39 is 10.0 Å². The smallest absolute Gasteiger partial charge is 0.308 e. The second-order valence-corrected chi connectivity index (χ2v) is 7.97. The fraction of sp³-hybridized carbons (Fsp3) is 0.278. The van der Waals surface area contributed by atoms with Crippen molar-refractivity contribution in [3.8, 4) is 0 Å². The van der Waals surface area contributed by atoms with Crippen LogP contribution in [-0.4, -0.2) is 20.7 Å². The maximum Gasteiger partial charge on any atom is 0.323 e. The average molecular weight is 361 g/mol. The number of anilines is 3. The van der Waals surface area contributed by atoms with Gasteiger partial charge >= 0.3 is 6.03 Å². The molecule has 0 aliphatic rings. The minimum atomic E-state index is -3.32. The van der Waals surface area contributed by atoms with Crippen LogP contribution in [0.15, 0.2) is 42.5 Å². The molecule has 2 aromatic carbocycles. The summed E-state index contributed by atoms with van der Waals surface area (Å²) in [5, 5.41) is 5.65. The number of urea groups is 1. The number of hydrogen-bond acceptors (Lipinski definition) is 3. The van der Waals surface area contributed by atoms with E-state index in [2.05, 4.69) is 29.2 Å². The molecular weight excluding hydrogens is 338 g/mol. The lowest BCUT2D eigenvalue weighted by molar-refractivity contribution is 0.262. The highest BCUT2D eigenvalue weighted by Gasteiger charge is 2.12. The molecule has 7 heteroatoms. The normalized spacial score (nSPS) is 11.2. The highest BCUT2D eigenvalue weighted by atomic mass is 32.2. The Bertz CT molecular complexity index is 860. The second kappa shape index (κ2) is 7.57. The van der Waals surface area contributed by atoms with Crippen LogP contribution in [0.2, 0.25) is 0 Å². The van der Waals surface area contributed by atoms with Gasteiger partial charge in [0.2, 0.25) is 10.0 Å². The molecule has 134 valence electrons. The van der Waals surface area contributed by atoms with Crippen LogP contribution in [0.1, 0.15) is 30.9 Å². The number of aryl methyl sites for hydroxylation is 1. The minimum absolute atomic E-state index is 0.288. The van der Waals surface area contributed by atoms with E-state index in [-0.39, 0.29) is 11.9 Å². The Labute approximate surface area is 148 Å². The van der Waals surface area contributed by atoms with Crippen molar-refractivity contribution in [2.45, 2.75) is 26.7 Å². The van der Waals surface area contributed by atoms with E-state index in [1.165, 1.54) is 0 Å². The summed E-state index contributed by atoms with van der Waals surface area (Å²) in [4.78, 5) is 12.3. The molecule has 0 aliphatic heterocycles. The maximum absolute atomic E-state index is 12.3. The average Bonchev–Trinajstić information content (AvgIpc) is 2.49. The molecule has 0 heterocycles. The first-order chi connectivity index (χ1) is 11.7. The van der Waals surface area contributed by atoms with Crippen LogP contribution >= 0.6 is 0 Å². The van der Waals surface area contributed by atoms with Gasteiger partial charge in [0, 0.05) is 17.1 Å². The lowest BCUT2D eigenvalue weighted by Crippen LogP contribution is -2.21. The Morgan fingerprint density at radius 3 is 2.12 bits per heavy atom. The summed E-state index contributed by atoms with van der Waals surface area (Å²) in [5.41, 5.74) is 3.88. The Kier molecular flexibility index (Phi) is 5.69. The molecule has 0 spiro atoms. The number of benzene rings is 2. The Morgan fingerprint density at radius 2 is 1.56 bits per heavy atom. The van der Waals surface area contributed by atoms with Crippen LogP contribution in [0.5, 0.6) is 0 Å². The molecule has 0 atom stereocenters. The summed E-state index contributed by atoms with van der Waals surface area (Å²) < 4.78 is 24.8. The first-order valence-electron chi connectivity index (χ1n) is 7.91. The molecule has 0 bridgehead atoms. The van der Waals surface area contributed by atoms with Gasteiger partial charge in [-0.2, -0.15) is 0 Å². The van der Waals surface area contributed by atoms with Gasteiger partial charge in [-0.05, 0) is 48.2 Å². The lowest BCUT2D eigenvalue weighted by atomic mass is 9.98. The van der Waals surface area contributed by atoms with Gasteiger partial charge in [0.25, 0.3) is 0 Å². The molecule has 25 heavy (non-hydrogen) atoms. The number of carbonyl (C=O) groups excluding carboxylic acids is 1. The number of amides is 2. The standard InChI is InChI=1S/C18H23N3O3S/c1-12(2)16-7-5-6-13(3)17(16)20-18(22)19-14-8-10-15(11-9-14)21-25(4,23)24/h5-12,21H,1-4H3,(H2,19,20,22). The number of hydrogen-bond donors (Lipinski definition) is 3. The van der Waals surface area contributed by atoms with E-state index in [1.54, 1.807) is 24.3 Å². The Hall–Kier alpha value is -2.54. The predicted octanol–water partition coefficient (Wildman–Crippen LogP) is 4.13. The molecule has 0 aromatic heterocycles. The first-order valence-corrected chi connectivity index (χ1v) is 9.80. The molecule has 0 radical (unpaired) electrons. The zero-order valence-corrected chi connectivity index (χ0v) is 15.6. The lowest BCUT2D eigenvalue weighted by Gasteiger charge is -2.17. The highest BCUT2D eigenvalue weighted by molar-refractivity contribution is 7.92. The van der Waals surface area contributed by atoms with Gasteiger partial charge in [-0.1, -0.05) is 32.0 Å². The molecule has 3 N–H and O–H groups in total. The van der Waals surface area contributed by atoms with Gasteiger partial charge in [-0.15, -0.1) is 0 Å². The molecule has 0 saturated heterocycles. The summed E-state index contributed by atoms with van der Waals surface area (Å²) in [6, 6.07) is 12.0. The van der Waals surface area contributed by atoms with E-state index in [9.17, 15) is 13.2 Å². The van der Waals surface area contributed by atoms with Crippen LogP contribution in [0.4, 0.5) is 21.9 Å². The van der Waals surface area contributed by atoms with Crippen molar-refractivity contribution in [1.29, 1.82) is 0 Å². The van der Waals surface area contributed by atoms with Crippen molar-refractivity contribution < 1.29 is 13.2 Å². The number of carbonyl (C=O) groups is 1.